The van der Waals surface area contributed by atoms with E-state index in [4.69, 9.17) is 9.72 Å². The number of rotatable bonds is 10. The van der Waals surface area contributed by atoms with Gasteiger partial charge in [-0.15, -0.1) is 0 Å². The molecular formula is C27H29N5O3. The molecule has 1 amide bonds. The predicted octanol–water partition coefficient (Wildman–Crippen LogP) is 3.65. The van der Waals surface area contributed by atoms with Crippen LogP contribution in [0, 0.1) is 0 Å². The topological polar surface area (TPSA) is 98.1 Å². The summed E-state index contributed by atoms with van der Waals surface area (Å²) in [5.41, 5.74) is 3.13. The summed E-state index contributed by atoms with van der Waals surface area (Å²) in [7, 11) is 1.59. The summed E-state index contributed by atoms with van der Waals surface area (Å²) >= 11 is 0. The highest BCUT2D eigenvalue weighted by molar-refractivity contribution is 5.76. The molecular weight excluding hydrogens is 442 g/mol. The van der Waals surface area contributed by atoms with Crippen LogP contribution in [-0.2, 0) is 17.8 Å². The van der Waals surface area contributed by atoms with E-state index >= 15 is 0 Å². The van der Waals surface area contributed by atoms with E-state index in [1.807, 2.05) is 42.5 Å². The normalized spacial score (nSPS) is 10.8. The van der Waals surface area contributed by atoms with Gasteiger partial charge < -0.3 is 15.4 Å². The Morgan fingerprint density at radius 1 is 0.971 bits per heavy atom. The molecule has 0 unspecified atom stereocenters. The lowest BCUT2D eigenvalue weighted by atomic mass is 10.1. The lowest BCUT2D eigenvalue weighted by Gasteiger charge is -2.14. The molecule has 0 radical (unpaired) electrons. The first-order valence-corrected chi connectivity index (χ1v) is 11.6. The number of fused-ring (bicyclic) bond motifs is 1. The minimum atomic E-state index is -0.262. The molecule has 0 aliphatic heterocycles. The van der Waals surface area contributed by atoms with E-state index in [2.05, 4.69) is 27.8 Å². The van der Waals surface area contributed by atoms with Gasteiger partial charge in [0, 0.05) is 32.1 Å². The van der Waals surface area contributed by atoms with Crippen LogP contribution >= 0.6 is 0 Å². The molecule has 0 fully saturated rings. The van der Waals surface area contributed by atoms with Gasteiger partial charge in [-0.3, -0.25) is 14.2 Å². The maximum Gasteiger partial charge on any atom is 0.278 e. The number of carbonyl (C=O) groups is 1. The van der Waals surface area contributed by atoms with Crippen LogP contribution in [-0.4, -0.2) is 40.6 Å². The number of nitrogens with zero attached hydrogens (tertiary/aromatic N) is 3. The summed E-state index contributed by atoms with van der Waals surface area (Å²) in [6, 6.07) is 21.3. The number of pyridine rings is 1. The molecule has 35 heavy (non-hydrogen) atoms. The third kappa shape index (κ3) is 6.03. The number of hydrogen-bond donors (Lipinski definition) is 2. The van der Waals surface area contributed by atoms with Crippen molar-refractivity contribution in [2.45, 2.75) is 26.3 Å². The monoisotopic (exact) mass is 471 g/mol. The molecule has 8 heteroatoms. The molecule has 0 spiro atoms. The Balaban J connectivity index is 1.61. The molecule has 0 bridgehead atoms. The van der Waals surface area contributed by atoms with E-state index in [0.29, 0.717) is 40.5 Å². The highest BCUT2D eigenvalue weighted by atomic mass is 16.5. The van der Waals surface area contributed by atoms with E-state index in [9.17, 15) is 9.59 Å². The van der Waals surface area contributed by atoms with Gasteiger partial charge in [-0.05, 0) is 54.8 Å². The van der Waals surface area contributed by atoms with Crippen LogP contribution in [0.3, 0.4) is 0 Å². The van der Waals surface area contributed by atoms with E-state index in [1.54, 1.807) is 23.8 Å². The van der Waals surface area contributed by atoms with Gasteiger partial charge in [-0.1, -0.05) is 30.3 Å². The van der Waals surface area contributed by atoms with Crippen molar-refractivity contribution in [2.24, 2.45) is 0 Å². The zero-order chi connectivity index (χ0) is 24.6. The smallest absolute Gasteiger partial charge is 0.278 e. The lowest BCUT2D eigenvalue weighted by molar-refractivity contribution is -0.118. The second kappa shape index (κ2) is 11.3. The maximum atomic E-state index is 13.4. The molecule has 2 heterocycles. The summed E-state index contributed by atoms with van der Waals surface area (Å²) < 4.78 is 6.80. The average molecular weight is 472 g/mol. The molecule has 4 aromatic rings. The molecule has 2 N–H and O–H groups in total. The van der Waals surface area contributed by atoms with Gasteiger partial charge in [-0.25, -0.2) is 9.97 Å². The van der Waals surface area contributed by atoms with E-state index in [-0.39, 0.29) is 18.0 Å². The van der Waals surface area contributed by atoms with Crippen LogP contribution in [0.1, 0.15) is 18.9 Å². The van der Waals surface area contributed by atoms with Gasteiger partial charge in [0.25, 0.3) is 5.56 Å². The van der Waals surface area contributed by atoms with Crippen molar-refractivity contribution in [3.8, 4) is 17.0 Å². The molecule has 4 rings (SSSR count). The first-order chi connectivity index (χ1) is 17.0. The van der Waals surface area contributed by atoms with Crippen LogP contribution in [0.5, 0.6) is 5.75 Å². The largest absolute Gasteiger partial charge is 0.497 e. The Kier molecular flexibility index (Phi) is 7.72. The second-order valence-electron chi connectivity index (χ2n) is 8.18. The summed E-state index contributed by atoms with van der Waals surface area (Å²) in [5, 5.41) is 6.10. The molecule has 0 atom stereocenters. The Morgan fingerprint density at radius 2 is 1.74 bits per heavy atom. The van der Waals surface area contributed by atoms with E-state index in [1.165, 1.54) is 12.5 Å². The van der Waals surface area contributed by atoms with Crippen LogP contribution in [0.4, 0.5) is 5.82 Å². The summed E-state index contributed by atoms with van der Waals surface area (Å²) in [6.07, 6.45) is 1.92. The van der Waals surface area contributed by atoms with Gasteiger partial charge in [0.1, 0.15) is 22.8 Å². The van der Waals surface area contributed by atoms with Crippen LogP contribution in [0.15, 0.2) is 71.5 Å². The number of amides is 1. The Hall–Kier alpha value is -4.20. The standard InChI is InChI=1S/C27H29N5O3/c1-19(33)28-17-18-32-26-23(30-25(27(32)34)21-10-12-22(35-2)13-11-21)14-15-24(31-26)29-16-6-9-20-7-4-3-5-8-20/h3-5,7-8,10-15H,6,9,16-18H2,1-2H3,(H,28,33)(H,29,31). The summed E-state index contributed by atoms with van der Waals surface area (Å²) in [4.78, 5) is 34.2. The third-order valence-corrected chi connectivity index (χ3v) is 5.65. The zero-order valence-corrected chi connectivity index (χ0v) is 20.0. The number of carbonyl (C=O) groups excluding carboxylic acids is 1. The minimum Gasteiger partial charge on any atom is -0.497 e. The summed E-state index contributed by atoms with van der Waals surface area (Å²) in [5.74, 6) is 1.22. The highest BCUT2D eigenvalue weighted by Crippen LogP contribution is 2.21. The molecule has 0 saturated carbocycles. The van der Waals surface area contributed by atoms with Crippen molar-refractivity contribution in [3.05, 3.63) is 82.6 Å². The fourth-order valence-corrected chi connectivity index (χ4v) is 3.86. The number of aryl methyl sites for hydroxylation is 1. The van der Waals surface area contributed by atoms with Crippen LogP contribution in [0.25, 0.3) is 22.4 Å². The lowest BCUT2D eigenvalue weighted by Crippen LogP contribution is -2.31. The van der Waals surface area contributed by atoms with Gasteiger partial charge in [0.15, 0.2) is 5.65 Å². The SMILES string of the molecule is COc1ccc(-c2nc3ccc(NCCCc4ccccc4)nc3n(CCNC(C)=O)c2=O)cc1. The Labute approximate surface area is 204 Å². The second-order valence-corrected chi connectivity index (χ2v) is 8.18. The van der Waals surface area contributed by atoms with Crippen molar-refractivity contribution >= 4 is 22.9 Å². The number of nitrogens with one attached hydrogen (secondary N) is 2. The number of ether oxygens (including phenoxy) is 1. The zero-order valence-electron chi connectivity index (χ0n) is 20.0. The fraction of sp³-hybridized carbons (Fsp3) is 0.259. The number of anilines is 1. The van der Waals surface area contributed by atoms with Gasteiger partial charge in [0.05, 0.1) is 7.11 Å². The highest BCUT2D eigenvalue weighted by Gasteiger charge is 2.15. The molecule has 2 aromatic heterocycles. The summed E-state index contributed by atoms with van der Waals surface area (Å²) in [6.45, 7) is 2.80. The molecule has 8 nitrogen and oxygen atoms in total. The quantitative estimate of drug-likeness (QED) is 0.343. The molecule has 0 aliphatic carbocycles. The first kappa shape index (κ1) is 23.9. The van der Waals surface area contributed by atoms with Gasteiger partial charge in [-0.2, -0.15) is 0 Å². The average Bonchev–Trinajstić information content (AvgIpc) is 2.88. The fourth-order valence-electron chi connectivity index (χ4n) is 3.86. The number of aromatic nitrogens is 3. The van der Waals surface area contributed by atoms with Gasteiger partial charge in [0.2, 0.25) is 5.91 Å². The van der Waals surface area contributed by atoms with Crippen molar-refractivity contribution in [1.29, 1.82) is 0 Å². The molecule has 180 valence electrons. The molecule has 0 aliphatic rings. The van der Waals surface area contributed by atoms with Crippen molar-refractivity contribution in [3.63, 3.8) is 0 Å². The van der Waals surface area contributed by atoms with Crippen molar-refractivity contribution in [2.75, 3.05) is 25.5 Å². The Bertz CT molecular complexity index is 1350. The van der Waals surface area contributed by atoms with Crippen LogP contribution < -0.4 is 20.9 Å². The number of hydrogen-bond acceptors (Lipinski definition) is 6. The van der Waals surface area contributed by atoms with Gasteiger partial charge >= 0.3 is 0 Å². The minimum absolute atomic E-state index is 0.152. The van der Waals surface area contributed by atoms with E-state index in [0.717, 1.165) is 19.4 Å². The van der Waals surface area contributed by atoms with Crippen LogP contribution in [0.2, 0.25) is 0 Å². The van der Waals surface area contributed by atoms with E-state index < -0.39 is 0 Å². The maximum absolute atomic E-state index is 13.4. The number of benzene rings is 2. The first-order valence-electron chi connectivity index (χ1n) is 11.6. The Morgan fingerprint density at radius 3 is 2.46 bits per heavy atom. The third-order valence-electron chi connectivity index (χ3n) is 5.65. The molecule has 0 saturated heterocycles. The molecule has 2 aromatic carbocycles. The van der Waals surface area contributed by atoms with Crippen molar-refractivity contribution in [1.82, 2.24) is 19.9 Å². The predicted molar refractivity (Wildman–Crippen MR) is 138 cm³/mol. The number of methoxy groups -OCH3 is 1. The van der Waals surface area contributed by atoms with Crippen molar-refractivity contribution < 1.29 is 9.53 Å².